The van der Waals surface area contributed by atoms with Crippen LogP contribution in [0.2, 0.25) is 0 Å². The lowest BCUT2D eigenvalue weighted by Gasteiger charge is -2.43. The minimum atomic E-state index is -0.319. The minimum Gasteiger partial charge on any atom is -0.356 e. The highest BCUT2D eigenvalue weighted by atomic mass is 35.5. The van der Waals surface area contributed by atoms with E-state index in [-0.39, 0.29) is 22.4 Å². The fourth-order valence-electron chi connectivity index (χ4n) is 5.58. The van der Waals surface area contributed by atoms with Crippen molar-refractivity contribution in [2.24, 2.45) is 11.1 Å². The Labute approximate surface area is 198 Å². The molecule has 168 valence electrons. The number of allylic oxidation sites excluding steroid dienone is 4. The van der Waals surface area contributed by atoms with Gasteiger partial charge in [0.05, 0.1) is 21.7 Å². The van der Waals surface area contributed by atoms with E-state index in [4.69, 9.17) is 33.9 Å². The maximum Gasteiger partial charge on any atom is 0.263 e. The first-order chi connectivity index (χ1) is 15.3. The van der Waals surface area contributed by atoms with Crippen molar-refractivity contribution in [2.75, 3.05) is 18.0 Å². The van der Waals surface area contributed by atoms with Crippen molar-refractivity contribution in [1.29, 1.82) is 0 Å². The smallest absolute Gasteiger partial charge is 0.263 e. The van der Waals surface area contributed by atoms with E-state index in [0.29, 0.717) is 28.5 Å². The first-order valence-electron chi connectivity index (χ1n) is 11.2. The molecule has 2 N–H and O–H groups in total. The van der Waals surface area contributed by atoms with E-state index in [1.807, 2.05) is 26.0 Å². The third-order valence-electron chi connectivity index (χ3n) is 7.48. The topological polar surface area (TPSA) is 64.2 Å². The molecule has 0 saturated carbocycles. The number of aryl methyl sites for hydroxylation is 1. The highest BCUT2D eigenvalue weighted by molar-refractivity contribution is 6.39. The number of hydrogen-bond donors (Lipinski definition) is 1. The molecular weight excluding hydrogens is 443 g/mol. The summed E-state index contributed by atoms with van der Waals surface area (Å²) in [6, 6.07) is 8.62. The third kappa shape index (κ3) is 3.33. The predicted molar refractivity (Wildman–Crippen MR) is 131 cm³/mol. The molecule has 0 radical (unpaired) electrons. The van der Waals surface area contributed by atoms with Crippen molar-refractivity contribution in [3.8, 4) is 0 Å². The van der Waals surface area contributed by atoms with Crippen LogP contribution in [-0.2, 0) is 6.42 Å². The Morgan fingerprint density at radius 3 is 2.62 bits per heavy atom. The maximum atomic E-state index is 13.4. The number of fused-ring (bicyclic) bond motifs is 1. The zero-order valence-electron chi connectivity index (χ0n) is 18.4. The summed E-state index contributed by atoms with van der Waals surface area (Å²) < 4.78 is 1.58. The van der Waals surface area contributed by atoms with Gasteiger partial charge in [0.15, 0.2) is 0 Å². The van der Waals surface area contributed by atoms with Gasteiger partial charge in [-0.3, -0.25) is 9.36 Å². The minimum absolute atomic E-state index is 0.0697. The van der Waals surface area contributed by atoms with Crippen LogP contribution in [0.25, 0.3) is 5.70 Å². The Kier molecular flexibility index (Phi) is 5.47. The summed E-state index contributed by atoms with van der Waals surface area (Å²) in [6.45, 7) is 5.38. The number of anilines is 1. The average Bonchev–Trinajstić information content (AvgIpc) is 3.06. The zero-order chi connectivity index (χ0) is 22.6. The number of nitrogens with two attached hydrogens (primary N) is 1. The summed E-state index contributed by atoms with van der Waals surface area (Å²) >= 11 is 12.8. The number of benzene rings is 1. The summed E-state index contributed by atoms with van der Waals surface area (Å²) in [7, 11) is 0. The number of hydrogen-bond acceptors (Lipinski definition) is 4. The molecule has 5 rings (SSSR count). The molecule has 0 bridgehead atoms. The van der Waals surface area contributed by atoms with Gasteiger partial charge in [-0.1, -0.05) is 41.9 Å². The molecule has 0 amide bonds. The van der Waals surface area contributed by atoms with E-state index < -0.39 is 0 Å². The van der Waals surface area contributed by atoms with Crippen molar-refractivity contribution in [3.63, 3.8) is 0 Å². The molecule has 5 nitrogen and oxygen atoms in total. The quantitative estimate of drug-likeness (QED) is 0.647. The summed E-state index contributed by atoms with van der Waals surface area (Å²) in [5.74, 6) is 1.38. The van der Waals surface area contributed by atoms with Gasteiger partial charge in [-0.05, 0) is 62.1 Å². The summed E-state index contributed by atoms with van der Waals surface area (Å²) in [5.41, 5.74) is 10.6. The largest absolute Gasteiger partial charge is 0.356 e. The summed E-state index contributed by atoms with van der Waals surface area (Å²) in [6.07, 6.45) is 7.47. The van der Waals surface area contributed by atoms with E-state index in [1.54, 1.807) is 4.57 Å². The molecule has 32 heavy (non-hydrogen) atoms. The molecule has 0 unspecified atom stereocenters. The van der Waals surface area contributed by atoms with Crippen LogP contribution in [0, 0.1) is 19.3 Å². The normalized spacial score (nSPS) is 24.3. The molecule has 3 aliphatic rings. The van der Waals surface area contributed by atoms with Crippen LogP contribution in [0.4, 0.5) is 5.82 Å². The lowest BCUT2D eigenvalue weighted by atomic mass is 9.73. The van der Waals surface area contributed by atoms with E-state index in [0.717, 1.165) is 38.2 Å². The van der Waals surface area contributed by atoms with Crippen LogP contribution in [0.5, 0.6) is 0 Å². The lowest BCUT2D eigenvalue weighted by molar-refractivity contribution is 0.187. The molecule has 2 aliphatic carbocycles. The SMILES string of the molecule is Cc1c(N2CCC3(CC2)Cc2ccccc2[C@H]3N)nc(C)n(C2=C(Cl)[C@@H](Cl)CC=C2)c1=O. The Bertz CT molecular complexity index is 1190. The maximum absolute atomic E-state index is 13.4. The first kappa shape index (κ1) is 21.7. The standard InChI is InChI=1S/C25H28Cl2N4O/c1-15-23(29-16(2)31(24(15)32)20-9-5-8-19(26)21(20)27)30-12-10-25(11-13-30)14-17-6-3-4-7-18(17)22(25)28/h3-7,9,19,22H,8,10-14,28H2,1-2H3/t19-,22+/m0/s1. The molecular formula is C25H28Cl2N4O. The van der Waals surface area contributed by atoms with E-state index in [2.05, 4.69) is 29.2 Å². The van der Waals surface area contributed by atoms with E-state index >= 15 is 0 Å². The second-order valence-electron chi connectivity index (χ2n) is 9.29. The van der Waals surface area contributed by atoms with Crippen molar-refractivity contribution in [1.82, 2.24) is 9.55 Å². The molecule has 2 heterocycles. The van der Waals surface area contributed by atoms with Crippen LogP contribution in [-0.4, -0.2) is 28.0 Å². The van der Waals surface area contributed by atoms with Gasteiger partial charge >= 0.3 is 0 Å². The average molecular weight is 471 g/mol. The number of rotatable bonds is 2. The molecule has 1 aromatic carbocycles. The number of piperidine rings is 1. The molecule has 1 spiro atoms. The van der Waals surface area contributed by atoms with Gasteiger partial charge in [0.1, 0.15) is 11.6 Å². The number of halogens is 2. The van der Waals surface area contributed by atoms with Gasteiger partial charge in [-0.25, -0.2) is 4.98 Å². The number of alkyl halides is 1. The lowest BCUT2D eigenvalue weighted by Crippen LogP contribution is -2.45. The summed E-state index contributed by atoms with van der Waals surface area (Å²) in [5, 5.41) is 0.170. The zero-order valence-corrected chi connectivity index (χ0v) is 20.0. The second kappa shape index (κ2) is 8.05. The third-order valence-corrected chi connectivity index (χ3v) is 8.45. The van der Waals surface area contributed by atoms with Crippen molar-refractivity contribution in [3.05, 3.63) is 74.3 Å². The fraction of sp³-hybridized carbons (Fsp3) is 0.440. The first-order valence-corrected chi connectivity index (χ1v) is 12.0. The molecule has 1 aliphatic heterocycles. The Morgan fingerprint density at radius 1 is 1.19 bits per heavy atom. The van der Waals surface area contributed by atoms with Gasteiger partial charge in [0.2, 0.25) is 0 Å². The molecule has 2 atom stereocenters. The van der Waals surface area contributed by atoms with Crippen molar-refractivity contribution in [2.45, 2.75) is 50.9 Å². The van der Waals surface area contributed by atoms with Gasteiger partial charge < -0.3 is 10.6 Å². The second-order valence-corrected chi connectivity index (χ2v) is 10.2. The van der Waals surface area contributed by atoms with Gasteiger partial charge in [0, 0.05) is 19.1 Å². The molecule has 7 heteroatoms. The van der Waals surface area contributed by atoms with Crippen LogP contribution in [0.3, 0.4) is 0 Å². The van der Waals surface area contributed by atoms with Crippen LogP contribution < -0.4 is 16.2 Å². The van der Waals surface area contributed by atoms with Gasteiger partial charge in [-0.15, -0.1) is 11.6 Å². The highest BCUT2D eigenvalue weighted by Crippen LogP contribution is 2.51. The van der Waals surface area contributed by atoms with E-state index in [9.17, 15) is 4.79 Å². The van der Waals surface area contributed by atoms with Crippen molar-refractivity contribution >= 4 is 34.7 Å². The van der Waals surface area contributed by atoms with Crippen LogP contribution in [0.1, 0.15) is 47.8 Å². The number of aromatic nitrogens is 2. The highest BCUT2D eigenvalue weighted by Gasteiger charge is 2.46. The van der Waals surface area contributed by atoms with Crippen LogP contribution in [0.15, 0.2) is 46.2 Å². The Balaban J connectivity index is 1.43. The number of nitrogens with zero attached hydrogens (tertiary/aromatic N) is 3. The summed E-state index contributed by atoms with van der Waals surface area (Å²) in [4.78, 5) is 20.5. The molecule has 2 aromatic rings. The monoisotopic (exact) mass is 470 g/mol. The van der Waals surface area contributed by atoms with Gasteiger partial charge in [-0.2, -0.15) is 0 Å². The van der Waals surface area contributed by atoms with E-state index in [1.165, 1.54) is 11.1 Å². The molecule has 1 aromatic heterocycles. The Hall–Kier alpha value is -2.08. The molecule has 1 saturated heterocycles. The molecule has 1 fully saturated rings. The van der Waals surface area contributed by atoms with Crippen molar-refractivity contribution < 1.29 is 0 Å². The predicted octanol–water partition coefficient (Wildman–Crippen LogP) is 4.68. The van der Waals surface area contributed by atoms with Gasteiger partial charge in [0.25, 0.3) is 5.56 Å². The van der Waals surface area contributed by atoms with Crippen LogP contribution >= 0.6 is 23.2 Å². The fourth-order valence-corrected chi connectivity index (χ4v) is 6.03. The Morgan fingerprint density at radius 2 is 1.91 bits per heavy atom.